The summed E-state index contributed by atoms with van der Waals surface area (Å²) in [5.41, 5.74) is 9.46. The normalized spacial score (nSPS) is 9.70. The van der Waals surface area contributed by atoms with Gasteiger partial charge in [0.05, 0.1) is 12.4 Å². The van der Waals surface area contributed by atoms with Gasteiger partial charge < -0.3 is 16.2 Å². The molecule has 2 heterocycles. The number of aryl methyl sites for hydroxylation is 2. The zero-order chi connectivity index (χ0) is 24.4. The number of halogens is 2. The molecule has 4 N–H and O–H groups in total. The molecule has 4 rings (SSSR count). The van der Waals surface area contributed by atoms with Crippen LogP contribution in [0.1, 0.15) is 30.5 Å². The molecule has 1 amide bonds. The summed E-state index contributed by atoms with van der Waals surface area (Å²) in [6.45, 7) is 4.05. The quantitative estimate of drug-likeness (QED) is 0.223. The smallest absolute Gasteiger partial charge is 0.347 e. The molecule has 33 heavy (non-hydrogen) atoms. The number of carboxylic acids is 1. The molecule has 0 aliphatic carbocycles. The van der Waals surface area contributed by atoms with E-state index in [1.54, 1.807) is 6.20 Å². The number of carboxylic acid groups (broad SMARTS) is 1. The number of thiazole rings is 2. The highest BCUT2D eigenvalue weighted by Gasteiger charge is 2.09. The number of carbonyl (C=O) groups excluding carboxylic acids is 1. The molecule has 172 valence electrons. The molecule has 0 fully saturated rings. The SMILES string of the molecule is Cc1ccc(N)cc1.Cc1ccc(NC(=O)c2cnc(Br)s2)cc1.O=C(O)c1cnc(Br)s1. The van der Waals surface area contributed by atoms with E-state index in [0.29, 0.717) is 12.7 Å². The Bertz CT molecular complexity index is 1170. The van der Waals surface area contributed by atoms with E-state index in [4.69, 9.17) is 10.8 Å². The van der Waals surface area contributed by atoms with E-state index in [1.165, 1.54) is 28.7 Å². The maximum atomic E-state index is 11.8. The van der Waals surface area contributed by atoms with E-state index in [0.717, 1.165) is 22.7 Å². The average Bonchev–Trinajstić information content (AvgIpc) is 3.41. The number of amides is 1. The minimum Gasteiger partial charge on any atom is -0.477 e. The van der Waals surface area contributed by atoms with Crippen LogP contribution in [0.15, 0.2) is 68.8 Å². The Morgan fingerprint density at radius 3 is 1.67 bits per heavy atom. The van der Waals surface area contributed by atoms with Crippen LogP contribution in [0.4, 0.5) is 11.4 Å². The van der Waals surface area contributed by atoms with Crippen LogP contribution >= 0.6 is 54.5 Å². The first-order valence-electron chi connectivity index (χ1n) is 9.30. The summed E-state index contributed by atoms with van der Waals surface area (Å²) in [6, 6.07) is 15.5. The minimum absolute atomic E-state index is 0.132. The van der Waals surface area contributed by atoms with E-state index in [9.17, 15) is 9.59 Å². The van der Waals surface area contributed by atoms with Crippen LogP contribution in [-0.2, 0) is 0 Å². The highest BCUT2D eigenvalue weighted by atomic mass is 79.9. The van der Waals surface area contributed by atoms with Gasteiger partial charge in [-0.25, -0.2) is 14.8 Å². The molecule has 0 radical (unpaired) electrons. The molecule has 0 aliphatic rings. The molecule has 4 aromatic rings. The third-order valence-corrected chi connectivity index (χ3v) is 6.72. The van der Waals surface area contributed by atoms with E-state index in [-0.39, 0.29) is 10.8 Å². The number of hydrogen-bond donors (Lipinski definition) is 3. The van der Waals surface area contributed by atoms with Crippen molar-refractivity contribution in [1.29, 1.82) is 0 Å². The van der Waals surface area contributed by atoms with E-state index in [1.807, 2.05) is 62.4 Å². The van der Waals surface area contributed by atoms with Gasteiger partial charge in [0.1, 0.15) is 9.75 Å². The summed E-state index contributed by atoms with van der Waals surface area (Å²) in [7, 11) is 0. The molecule has 0 bridgehead atoms. The average molecular weight is 612 g/mol. The van der Waals surface area contributed by atoms with Crippen molar-refractivity contribution in [3.05, 3.63) is 89.6 Å². The first-order chi connectivity index (χ1) is 15.6. The summed E-state index contributed by atoms with van der Waals surface area (Å²) >= 11 is 8.68. The maximum absolute atomic E-state index is 11.8. The largest absolute Gasteiger partial charge is 0.477 e. The predicted molar refractivity (Wildman–Crippen MR) is 141 cm³/mol. The van der Waals surface area contributed by atoms with Crippen molar-refractivity contribution in [2.24, 2.45) is 0 Å². The lowest BCUT2D eigenvalue weighted by Crippen LogP contribution is -2.09. The van der Waals surface area contributed by atoms with Crippen molar-refractivity contribution < 1.29 is 14.7 Å². The van der Waals surface area contributed by atoms with Gasteiger partial charge in [-0.3, -0.25) is 4.79 Å². The number of aromatic carboxylic acids is 1. The highest BCUT2D eigenvalue weighted by Crippen LogP contribution is 2.20. The molecule has 7 nitrogen and oxygen atoms in total. The first kappa shape index (κ1) is 26.7. The van der Waals surface area contributed by atoms with Gasteiger partial charge in [0, 0.05) is 11.4 Å². The summed E-state index contributed by atoms with van der Waals surface area (Å²) in [4.78, 5) is 30.4. The van der Waals surface area contributed by atoms with Gasteiger partial charge in [-0.05, 0) is 70.0 Å². The number of nitrogens with one attached hydrogen (secondary N) is 1. The van der Waals surface area contributed by atoms with Gasteiger partial charge in [0.15, 0.2) is 7.83 Å². The Kier molecular flexibility index (Phi) is 10.7. The Balaban J connectivity index is 0.000000192. The number of nitrogens with two attached hydrogens (primary N) is 1. The second kappa shape index (κ2) is 13.2. The molecule has 0 aliphatic heterocycles. The molecule has 0 unspecified atom stereocenters. The van der Waals surface area contributed by atoms with Crippen LogP contribution in [0.5, 0.6) is 0 Å². The number of hydrogen-bond acceptors (Lipinski definition) is 7. The molecule has 0 spiro atoms. The monoisotopic (exact) mass is 610 g/mol. The zero-order valence-corrected chi connectivity index (χ0v) is 22.4. The topological polar surface area (TPSA) is 118 Å². The van der Waals surface area contributed by atoms with Crippen LogP contribution in [0.3, 0.4) is 0 Å². The van der Waals surface area contributed by atoms with E-state index in [2.05, 4.69) is 47.1 Å². The summed E-state index contributed by atoms with van der Waals surface area (Å²) in [5, 5.41) is 11.2. The van der Waals surface area contributed by atoms with Gasteiger partial charge in [-0.2, -0.15) is 0 Å². The van der Waals surface area contributed by atoms with Gasteiger partial charge in [0.2, 0.25) is 0 Å². The highest BCUT2D eigenvalue weighted by molar-refractivity contribution is 9.11. The van der Waals surface area contributed by atoms with E-state index >= 15 is 0 Å². The fraction of sp³-hybridized carbons (Fsp3) is 0.0909. The van der Waals surface area contributed by atoms with E-state index < -0.39 is 5.97 Å². The van der Waals surface area contributed by atoms with Crippen molar-refractivity contribution >= 4 is 77.8 Å². The third kappa shape index (κ3) is 9.82. The Morgan fingerprint density at radius 1 is 0.848 bits per heavy atom. The Labute approximate surface area is 216 Å². The van der Waals surface area contributed by atoms with Crippen molar-refractivity contribution in [2.75, 3.05) is 11.1 Å². The number of rotatable bonds is 3. The lowest BCUT2D eigenvalue weighted by atomic mass is 10.2. The summed E-state index contributed by atoms with van der Waals surface area (Å²) < 4.78 is 1.31. The molecule has 2 aromatic carbocycles. The summed E-state index contributed by atoms with van der Waals surface area (Å²) in [5.74, 6) is -1.06. The minimum atomic E-state index is -0.932. The van der Waals surface area contributed by atoms with Crippen LogP contribution in [0, 0.1) is 13.8 Å². The van der Waals surface area contributed by atoms with Crippen LogP contribution in [0.2, 0.25) is 0 Å². The Morgan fingerprint density at radius 2 is 1.30 bits per heavy atom. The first-order valence-corrected chi connectivity index (χ1v) is 12.5. The number of carbonyl (C=O) groups is 2. The van der Waals surface area contributed by atoms with Gasteiger partial charge >= 0.3 is 5.97 Å². The van der Waals surface area contributed by atoms with Gasteiger partial charge in [0.25, 0.3) is 5.91 Å². The molecular formula is C22H20Br2N4O3S2. The standard InChI is InChI=1S/C11H9BrN2OS.C7H9N.C4H2BrNO2S/c1-7-2-4-8(5-3-7)14-10(15)9-6-13-11(12)16-9;1-6-2-4-7(8)5-3-6;5-4-6-1-2(9-4)3(7)8/h2-6H,1H3,(H,14,15);2-5H,8H2,1H3;1H,(H,7,8). The molecule has 0 saturated heterocycles. The molecule has 2 aromatic heterocycles. The number of aromatic nitrogens is 2. The van der Waals surface area contributed by atoms with Crippen molar-refractivity contribution in [1.82, 2.24) is 9.97 Å². The fourth-order valence-corrected chi connectivity index (χ4v) is 4.37. The lowest BCUT2D eigenvalue weighted by Gasteiger charge is -2.02. The van der Waals surface area contributed by atoms with Crippen LogP contribution in [0.25, 0.3) is 0 Å². The van der Waals surface area contributed by atoms with Crippen molar-refractivity contribution in [3.8, 4) is 0 Å². The molecule has 0 atom stereocenters. The molecular weight excluding hydrogens is 592 g/mol. The summed E-state index contributed by atoms with van der Waals surface area (Å²) in [6.07, 6.45) is 2.87. The second-order valence-electron chi connectivity index (χ2n) is 6.49. The fourth-order valence-electron chi connectivity index (χ4n) is 2.11. The number of nitrogen functional groups attached to an aromatic ring is 1. The van der Waals surface area contributed by atoms with Crippen LogP contribution in [-0.4, -0.2) is 27.0 Å². The van der Waals surface area contributed by atoms with Crippen molar-refractivity contribution in [3.63, 3.8) is 0 Å². The van der Waals surface area contributed by atoms with Crippen LogP contribution < -0.4 is 11.1 Å². The molecule has 11 heteroatoms. The lowest BCUT2D eigenvalue weighted by molar-refractivity contribution is 0.0701. The number of nitrogens with zero attached hydrogens (tertiary/aromatic N) is 2. The molecule has 0 saturated carbocycles. The predicted octanol–water partition coefficient (Wildman–Crippen LogP) is 6.65. The number of anilines is 2. The number of benzene rings is 2. The zero-order valence-electron chi connectivity index (χ0n) is 17.6. The maximum Gasteiger partial charge on any atom is 0.347 e. The third-order valence-electron chi connectivity index (χ3n) is 3.78. The second-order valence-corrected chi connectivity index (χ2v) is 11.1. The van der Waals surface area contributed by atoms with Gasteiger partial charge in [-0.15, -0.1) is 22.7 Å². The Hall–Kier alpha value is -2.60. The van der Waals surface area contributed by atoms with Gasteiger partial charge in [-0.1, -0.05) is 35.4 Å². The van der Waals surface area contributed by atoms with Crippen molar-refractivity contribution in [2.45, 2.75) is 13.8 Å².